The minimum absolute atomic E-state index is 0.241. The summed E-state index contributed by atoms with van der Waals surface area (Å²) in [6.45, 7) is 2.14. The maximum Gasteiger partial charge on any atom is 0.265 e. The maximum atomic E-state index is 11.9. The van der Waals surface area contributed by atoms with Gasteiger partial charge in [-0.2, -0.15) is 0 Å². The van der Waals surface area contributed by atoms with E-state index < -0.39 is 0 Å². The van der Waals surface area contributed by atoms with Crippen LogP contribution in [0, 0.1) is 0 Å². The summed E-state index contributed by atoms with van der Waals surface area (Å²) < 4.78 is 5.43. The van der Waals surface area contributed by atoms with Gasteiger partial charge < -0.3 is 14.9 Å². The Morgan fingerprint density at radius 2 is 2.00 bits per heavy atom. The Labute approximate surface area is 150 Å². The van der Waals surface area contributed by atoms with E-state index >= 15 is 0 Å². The lowest BCUT2D eigenvalue weighted by Gasteiger charge is -2.10. The summed E-state index contributed by atoms with van der Waals surface area (Å²) in [5, 5.41) is 7.23. The highest BCUT2D eigenvalue weighted by molar-refractivity contribution is 6.43. The molecular formula is C17H16Cl2N2O3. The molecule has 1 amide bonds. The van der Waals surface area contributed by atoms with Gasteiger partial charge in [0.25, 0.3) is 5.91 Å². The fourth-order valence-corrected chi connectivity index (χ4v) is 2.20. The molecule has 0 aliphatic carbocycles. The Kier molecular flexibility index (Phi) is 6.90. The second-order valence-corrected chi connectivity index (χ2v) is 5.41. The average Bonchev–Trinajstić information content (AvgIpc) is 2.57. The summed E-state index contributed by atoms with van der Waals surface area (Å²) in [7, 11) is 0. The predicted octanol–water partition coefficient (Wildman–Crippen LogP) is 4.38. The van der Waals surface area contributed by atoms with E-state index in [0.717, 1.165) is 0 Å². The fourth-order valence-electron chi connectivity index (χ4n) is 1.85. The molecule has 0 heterocycles. The molecule has 1 N–H and O–H groups in total. The minimum Gasteiger partial charge on any atom is -0.492 e. The fraction of sp³-hybridized carbons (Fsp3) is 0.176. The third kappa shape index (κ3) is 5.15. The smallest absolute Gasteiger partial charge is 0.265 e. The predicted molar refractivity (Wildman–Crippen MR) is 96.2 cm³/mol. The first kappa shape index (κ1) is 18.1. The van der Waals surface area contributed by atoms with Crippen LogP contribution in [0.15, 0.2) is 47.6 Å². The molecule has 2 aromatic rings. The van der Waals surface area contributed by atoms with E-state index in [1.165, 1.54) is 6.21 Å². The van der Waals surface area contributed by atoms with Crippen LogP contribution in [0.5, 0.6) is 5.75 Å². The molecule has 0 fully saturated rings. The van der Waals surface area contributed by atoms with Gasteiger partial charge in [-0.25, -0.2) is 0 Å². The zero-order chi connectivity index (χ0) is 17.4. The molecule has 2 rings (SSSR count). The summed E-state index contributed by atoms with van der Waals surface area (Å²) in [5.41, 5.74) is 1.18. The maximum absolute atomic E-state index is 11.9. The van der Waals surface area contributed by atoms with E-state index in [0.29, 0.717) is 33.7 Å². The van der Waals surface area contributed by atoms with Crippen LogP contribution in [0.3, 0.4) is 0 Å². The first-order valence-corrected chi connectivity index (χ1v) is 7.98. The molecule has 0 radical (unpaired) electrons. The largest absolute Gasteiger partial charge is 0.492 e. The van der Waals surface area contributed by atoms with Gasteiger partial charge in [-0.05, 0) is 25.1 Å². The van der Waals surface area contributed by atoms with Gasteiger partial charge >= 0.3 is 0 Å². The number of halogens is 2. The Hall–Kier alpha value is -2.24. The number of nitrogens with zero attached hydrogens (tertiary/aromatic N) is 1. The highest BCUT2D eigenvalue weighted by atomic mass is 35.5. The summed E-state index contributed by atoms with van der Waals surface area (Å²) in [6, 6.07) is 12.3. The van der Waals surface area contributed by atoms with Gasteiger partial charge in [0.15, 0.2) is 6.61 Å². The standard InChI is InChI=1S/C17H16Cl2N2O3/c1-2-23-15-9-4-3-8-14(15)21-16(22)11-24-20-10-12-6-5-7-13(18)17(12)19/h3-10H,2,11H2,1H3,(H,21,22)/b20-10-. The Morgan fingerprint density at radius 3 is 2.79 bits per heavy atom. The normalized spacial score (nSPS) is 10.6. The van der Waals surface area contributed by atoms with Crippen LogP contribution in [-0.4, -0.2) is 25.3 Å². The third-order valence-electron chi connectivity index (χ3n) is 2.90. The van der Waals surface area contributed by atoms with E-state index in [1.807, 2.05) is 13.0 Å². The topological polar surface area (TPSA) is 59.9 Å². The number of anilines is 1. The van der Waals surface area contributed by atoms with Gasteiger partial charge in [-0.3, -0.25) is 4.79 Å². The monoisotopic (exact) mass is 366 g/mol. The van der Waals surface area contributed by atoms with Crippen LogP contribution in [0.2, 0.25) is 10.0 Å². The second-order valence-electron chi connectivity index (χ2n) is 4.63. The van der Waals surface area contributed by atoms with E-state index in [9.17, 15) is 4.79 Å². The average molecular weight is 367 g/mol. The van der Waals surface area contributed by atoms with Crippen LogP contribution < -0.4 is 10.1 Å². The zero-order valence-corrected chi connectivity index (χ0v) is 14.5. The first-order chi connectivity index (χ1) is 11.6. The molecule has 24 heavy (non-hydrogen) atoms. The van der Waals surface area contributed by atoms with Gasteiger partial charge in [0.05, 0.1) is 28.6 Å². The number of rotatable bonds is 7. The van der Waals surface area contributed by atoms with Crippen LogP contribution in [-0.2, 0) is 9.63 Å². The molecule has 0 aliphatic heterocycles. The van der Waals surface area contributed by atoms with Crippen LogP contribution in [0.4, 0.5) is 5.69 Å². The molecule has 0 aromatic heterocycles. The Balaban J connectivity index is 1.88. The minimum atomic E-state index is -0.350. The summed E-state index contributed by atoms with van der Waals surface area (Å²) in [6.07, 6.45) is 1.40. The number of ether oxygens (including phenoxy) is 1. The molecule has 0 saturated heterocycles. The number of para-hydroxylation sites is 2. The lowest BCUT2D eigenvalue weighted by molar-refractivity contribution is -0.120. The highest BCUT2D eigenvalue weighted by Crippen LogP contribution is 2.24. The summed E-state index contributed by atoms with van der Waals surface area (Å²) in [4.78, 5) is 16.9. The number of nitrogens with one attached hydrogen (secondary N) is 1. The number of amides is 1. The summed E-state index contributed by atoms with van der Waals surface area (Å²) in [5.74, 6) is 0.249. The van der Waals surface area contributed by atoms with Crippen molar-refractivity contribution in [1.29, 1.82) is 0 Å². The molecule has 126 valence electrons. The van der Waals surface area contributed by atoms with Crippen LogP contribution in [0.1, 0.15) is 12.5 Å². The number of hydrogen-bond donors (Lipinski definition) is 1. The number of benzene rings is 2. The van der Waals surface area contributed by atoms with Gasteiger partial charge in [0, 0.05) is 5.56 Å². The quantitative estimate of drug-likeness (QED) is 0.584. The molecule has 0 unspecified atom stereocenters. The number of hydrogen-bond acceptors (Lipinski definition) is 4. The lowest BCUT2D eigenvalue weighted by atomic mass is 10.2. The molecule has 5 nitrogen and oxygen atoms in total. The Morgan fingerprint density at radius 1 is 1.21 bits per heavy atom. The molecular weight excluding hydrogens is 351 g/mol. The summed E-state index contributed by atoms with van der Waals surface area (Å²) >= 11 is 11.9. The molecule has 0 atom stereocenters. The van der Waals surface area contributed by atoms with Gasteiger partial charge in [0.1, 0.15) is 5.75 Å². The molecule has 0 saturated carbocycles. The zero-order valence-electron chi connectivity index (χ0n) is 13.0. The number of oxime groups is 1. The highest BCUT2D eigenvalue weighted by Gasteiger charge is 2.07. The first-order valence-electron chi connectivity index (χ1n) is 7.23. The van der Waals surface area contributed by atoms with Gasteiger partial charge in [0.2, 0.25) is 0 Å². The molecule has 0 bridgehead atoms. The molecule has 0 aliphatic rings. The van der Waals surface area contributed by atoms with Crippen molar-refractivity contribution in [2.24, 2.45) is 5.16 Å². The van der Waals surface area contributed by atoms with E-state index in [-0.39, 0.29) is 12.5 Å². The van der Waals surface area contributed by atoms with Crippen molar-refractivity contribution in [3.05, 3.63) is 58.1 Å². The second kappa shape index (κ2) is 9.15. The van der Waals surface area contributed by atoms with E-state index in [2.05, 4.69) is 10.5 Å². The SMILES string of the molecule is CCOc1ccccc1NC(=O)CO/N=C\c1cccc(Cl)c1Cl. The molecule has 2 aromatic carbocycles. The number of carbonyl (C=O) groups is 1. The molecule has 0 spiro atoms. The van der Waals surface area contributed by atoms with Gasteiger partial charge in [-0.15, -0.1) is 0 Å². The lowest BCUT2D eigenvalue weighted by Crippen LogP contribution is -2.17. The Bertz CT molecular complexity index is 736. The van der Waals surface area contributed by atoms with Crippen molar-refractivity contribution in [2.45, 2.75) is 6.92 Å². The van der Waals surface area contributed by atoms with E-state index in [1.54, 1.807) is 36.4 Å². The molecule has 7 heteroatoms. The van der Waals surface area contributed by atoms with Crippen molar-refractivity contribution in [3.8, 4) is 5.75 Å². The van der Waals surface area contributed by atoms with Crippen molar-refractivity contribution in [1.82, 2.24) is 0 Å². The van der Waals surface area contributed by atoms with Crippen molar-refractivity contribution >= 4 is 41.0 Å². The third-order valence-corrected chi connectivity index (χ3v) is 3.74. The van der Waals surface area contributed by atoms with Crippen LogP contribution in [0.25, 0.3) is 0 Å². The van der Waals surface area contributed by atoms with E-state index in [4.69, 9.17) is 32.8 Å². The van der Waals surface area contributed by atoms with Crippen molar-refractivity contribution in [3.63, 3.8) is 0 Å². The number of carbonyl (C=O) groups excluding carboxylic acids is 1. The van der Waals surface area contributed by atoms with Gasteiger partial charge in [-0.1, -0.05) is 52.6 Å². The van der Waals surface area contributed by atoms with Crippen molar-refractivity contribution < 1.29 is 14.4 Å². The van der Waals surface area contributed by atoms with Crippen LogP contribution >= 0.6 is 23.2 Å². The van der Waals surface area contributed by atoms with Crippen molar-refractivity contribution in [2.75, 3.05) is 18.5 Å².